The van der Waals surface area contributed by atoms with E-state index in [2.05, 4.69) is 31.9 Å². The van der Waals surface area contributed by atoms with Crippen LogP contribution < -0.4 is 5.73 Å². The standard InChI is InChI=1S/C12H16Br2N2O2S/c1-2-16(7-8-3-4-8)19(17,18)12-10(14)5-9(13)6-11(12)15/h5-6,8H,2-4,7,15H2,1H3. The van der Waals surface area contributed by atoms with Crippen LogP contribution in [0.5, 0.6) is 0 Å². The van der Waals surface area contributed by atoms with E-state index in [4.69, 9.17) is 5.73 Å². The van der Waals surface area contributed by atoms with Gasteiger partial charge < -0.3 is 5.73 Å². The van der Waals surface area contributed by atoms with E-state index in [0.717, 1.165) is 17.3 Å². The Morgan fingerprint density at radius 2 is 2.00 bits per heavy atom. The Hall–Kier alpha value is -0.110. The van der Waals surface area contributed by atoms with Gasteiger partial charge in [0.15, 0.2) is 0 Å². The van der Waals surface area contributed by atoms with E-state index in [1.165, 1.54) is 4.31 Å². The van der Waals surface area contributed by atoms with Gasteiger partial charge in [-0.2, -0.15) is 4.31 Å². The lowest BCUT2D eigenvalue weighted by Crippen LogP contribution is -2.33. The van der Waals surface area contributed by atoms with Gasteiger partial charge in [-0.05, 0) is 46.8 Å². The van der Waals surface area contributed by atoms with Gasteiger partial charge in [-0.15, -0.1) is 0 Å². The highest BCUT2D eigenvalue weighted by atomic mass is 79.9. The molecule has 4 nitrogen and oxygen atoms in total. The molecular weight excluding hydrogens is 396 g/mol. The quantitative estimate of drug-likeness (QED) is 0.756. The zero-order chi connectivity index (χ0) is 14.2. The Bertz CT molecular complexity index is 562. The third kappa shape index (κ3) is 3.32. The molecule has 1 aliphatic rings. The molecule has 1 aliphatic carbocycles. The minimum Gasteiger partial charge on any atom is -0.398 e. The largest absolute Gasteiger partial charge is 0.398 e. The second-order valence-corrected chi connectivity index (χ2v) is 8.35. The molecule has 0 unspecified atom stereocenters. The van der Waals surface area contributed by atoms with Crippen molar-refractivity contribution in [2.45, 2.75) is 24.7 Å². The summed E-state index contributed by atoms with van der Waals surface area (Å²) in [6, 6.07) is 3.32. The summed E-state index contributed by atoms with van der Waals surface area (Å²) < 4.78 is 28.1. The van der Waals surface area contributed by atoms with E-state index >= 15 is 0 Å². The number of nitrogens with two attached hydrogens (primary N) is 1. The average Bonchev–Trinajstić information content (AvgIpc) is 3.07. The van der Waals surface area contributed by atoms with E-state index < -0.39 is 10.0 Å². The maximum atomic E-state index is 12.7. The Labute approximate surface area is 130 Å². The molecule has 0 amide bonds. The molecule has 1 saturated carbocycles. The van der Waals surface area contributed by atoms with Gasteiger partial charge in [0.05, 0.1) is 5.69 Å². The van der Waals surface area contributed by atoms with Crippen molar-refractivity contribution in [2.75, 3.05) is 18.8 Å². The van der Waals surface area contributed by atoms with Crippen molar-refractivity contribution in [3.63, 3.8) is 0 Å². The summed E-state index contributed by atoms with van der Waals surface area (Å²) in [5, 5.41) is 0. The molecule has 7 heteroatoms. The van der Waals surface area contributed by atoms with Gasteiger partial charge in [-0.25, -0.2) is 8.42 Å². The highest BCUT2D eigenvalue weighted by Crippen LogP contribution is 2.36. The lowest BCUT2D eigenvalue weighted by atomic mass is 10.3. The topological polar surface area (TPSA) is 63.4 Å². The third-order valence-electron chi connectivity index (χ3n) is 3.15. The first kappa shape index (κ1) is 15.3. The maximum absolute atomic E-state index is 12.7. The number of nitrogens with zero attached hydrogens (tertiary/aromatic N) is 1. The van der Waals surface area contributed by atoms with Crippen LogP contribution in [0.1, 0.15) is 19.8 Å². The molecule has 0 aromatic heterocycles. The van der Waals surface area contributed by atoms with Crippen LogP contribution in [0.15, 0.2) is 26.0 Å². The van der Waals surface area contributed by atoms with Gasteiger partial charge in [0.1, 0.15) is 4.90 Å². The molecule has 0 aliphatic heterocycles. The van der Waals surface area contributed by atoms with Crippen molar-refractivity contribution >= 4 is 47.6 Å². The number of nitrogen functional groups attached to an aromatic ring is 1. The summed E-state index contributed by atoms with van der Waals surface area (Å²) in [6.45, 7) is 2.89. The molecule has 0 saturated heterocycles. The van der Waals surface area contributed by atoms with Gasteiger partial charge in [0.25, 0.3) is 0 Å². The Morgan fingerprint density at radius 3 is 2.47 bits per heavy atom. The van der Waals surface area contributed by atoms with Gasteiger partial charge in [0.2, 0.25) is 10.0 Å². The number of rotatable bonds is 5. The highest BCUT2D eigenvalue weighted by molar-refractivity contribution is 9.11. The molecule has 2 N–H and O–H groups in total. The smallest absolute Gasteiger partial charge is 0.246 e. The molecule has 1 aromatic rings. The first-order valence-electron chi connectivity index (χ1n) is 6.11. The minimum atomic E-state index is -3.54. The molecule has 106 valence electrons. The number of benzene rings is 1. The van der Waals surface area contributed by atoms with Gasteiger partial charge in [0, 0.05) is 22.0 Å². The van der Waals surface area contributed by atoms with Crippen molar-refractivity contribution in [1.82, 2.24) is 4.31 Å². The summed E-state index contributed by atoms with van der Waals surface area (Å²) in [4.78, 5) is 0.165. The Morgan fingerprint density at radius 1 is 1.37 bits per heavy atom. The molecule has 19 heavy (non-hydrogen) atoms. The highest BCUT2D eigenvalue weighted by Gasteiger charge is 2.33. The normalized spacial score (nSPS) is 16.0. The molecule has 0 spiro atoms. The van der Waals surface area contributed by atoms with Crippen LogP contribution in [0.25, 0.3) is 0 Å². The van der Waals surface area contributed by atoms with Gasteiger partial charge in [-0.3, -0.25) is 0 Å². The number of hydrogen-bond acceptors (Lipinski definition) is 3. The molecule has 0 radical (unpaired) electrons. The summed E-state index contributed by atoms with van der Waals surface area (Å²) in [7, 11) is -3.54. The first-order valence-corrected chi connectivity index (χ1v) is 9.13. The van der Waals surface area contributed by atoms with Crippen LogP contribution in [0, 0.1) is 5.92 Å². The molecule has 0 bridgehead atoms. The van der Waals surface area contributed by atoms with E-state index in [1.807, 2.05) is 6.92 Å². The van der Waals surface area contributed by atoms with Crippen molar-refractivity contribution in [3.8, 4) is 0 Å². The first-order chi connectivity index (χ1) is 8.86. The van der Waals surface area contributed by atoms with Crippen LogP contribution in [0.3, 0.4) is 0 Å². The molecule has 0 atom stereocenters. The number of halogens is 2. The van der Waals surface area contributed by atoms with Gasteiger partial charge >= 0.3 is 0 Å². The number of sulfonamides is 1. The molecule has 1 fully saturated rings. The van der Waals surface area contributed by atoms with E-state index in [9.17, 15) is 8.42 Å². The van der Waals surface area contributed by atoms with Crippen molar-refractivity contribution < 1.29 is 8.42 Å². The zero-order valence-corrected chi connectivity index (χ0v) is 14.6. The summed E-state index contributed by atoms with van der Waals surface area (Å²) in [5.41, 5.74) is 6.14. The van der Waals surface area contributed by atoms with Crippen LogP contribution in [0.4, 0.5) is 5.69 Å². The maximum Gasteiger partial charge on any atom is 0.246 e. The zero-order valence-electron chi connectivity index (χ0n) is 10.6. The number of hydrogen-bond donors (Lipinski definition) is 1. The fraction of sp³-hybridized carbons (Fsp3) is 0.500. The lowest BCUT2D eigenvalue weighted by molar-refractivity contribution is 0.412. The average molecular weight is 412 g/mol. The SMILES string of the molecule is CCN(CC1CC1)S(=O)(=O)c1c(N)cc(Br)cc1Br. The summed E-state index contributed by atoms with van der Waals surface area (Å²) >= 11 is 6.60. The second-order valence-electron chi connectivity index (χ2n) is 4.71. The predicted octanol–water partition coefficient (Wildman–Crippen LogP) is 3.21. The predicted molar refractivity (Wildman–Crippen MR) is 83.4 cm³/mol. The summed E-state index contributed by atoms with van der Waals surface area (Å²) in [6.07, 6.45) is 2.23. The van der Waals surface area contributed by atoms with Crippen LogP contribution in [-0.2, 0) is 10.0 Å². The third-order valence-corrected chi connectivity index (χ3v) is 6.55. The molecular formula is C12H16Br2N2O2S. The summed E-state index contributed by atoms with van der Waals surface area (Å²) in [5.74, 6) is 0.505. The van der Waals surface area contributed by atoms with Crippen molar-refractivity contribution in [2.24, 2.45) is 5.92 Å². The Balaban J connectivity index is 2.42. The van der Waals surface area contributed by atoms with Crippen LogP contribution in [-0.4, -0.2) is 25.8 Å². The molecule has 1 aromatic carbocycles. The fourth-order valence-corrected chi connectivity index (χ4v) is 5.51. The van der Waals surface area contributed by atoms with E-state index in [0.29, 0.717) is 23.5 Å². The van der Waals surface area contributed by atoms with Crippen molar-refractivity contribution in [1.29, 1.82) is 0 Å². The van der Waals surface area contributed by atoms with Crippen LogP contribution >= 0.6 is 31.9 Å². The van der Waals surface area contributed by atoms with Gasteiger partial charge in [-0.1, -0.05) is 22.9 Å². The van der Waals surface area contributed by atoms with E-state index in [1.54, 1.807) is 12.1 Å². The second kappa shape index (κ2) is 5.71. The Kier molecular flexibility index (Phi) is 4.59. The van der Waals surface area contributed by atoms with Crippen LogP contribution in [0.2, 0.25) is 0 Å². The molecule has 0 heterocycles. The van der Waals surface area contributed by atoms with E-state index in [-0.39, 0.29) is 10.6 Å². The fourth-order valence-electron chi connectivity index (χ4n) is 1.97. The number of anilines is 1. The minimum absolute atomic E-state index is 0.165. The monoisotopic (exact) mass is 410 g/mol. The lowest BCUT2D eigenvalue weighted by Gasteiger charge is -2.22. The van der Waals surface area contributed by atoms with Crippen molar-refractivity contribution in [3.05, 3.63) is 21.1 Å². The molecule has 2 rings (SSSR count).